The zero-order chi connectivity index (χ0) is 20.5. The molecule has 6 heteroatoms. The number of carbonyl (C=O) groups is 2. The lowest BCUT2D eigenvalue weighted by molar-refractivity contribution is -0.142. The molecule has 0 fully saturated rings. The number of benzene rings is 2. The lowest BCUT2D eigenvalue weighted by Gasteiger charge is -2.30. The molecule has 1 N–H and O–H groups in total. The fourth-order valence-corrected chi connectivity index (χ4v) is 2.93. The van der Waals surface area contributed by atoms with Crippen molar-refractivity contribution in [2.75, 3.05) is 13.2 Å². The summed E-state index contributed by atoms with van der Waals surface area (Å²) in [5.41, 5.74) is 1.77. The second kappa shape index (κ2) is 10.4. The van der Waals surface area contributed by atoms with E-state index in [1.54, 1.807) is 18.2 Å². The average Bonchev–Trinajstić information content (AvgIpc) is 2.68. The number of ether oxygens (including phenoxy) is 1. The van der Waals surface area contributed by atoms with E-state index in [4.69, 9.17) is 4.74 Å². The normalized spacial score (nSPS) is 11.6. The molecule has 0 saturated carbocycles. The smallest absolute Gasteiger partial charge is 0.261 e. The van der Waals surface area contributed by atoms with Gasteiger partial charge >= 0.3 is 0 Å². The van der Waals surface area contributed by atoms with Crippen molar-refractivity contribution in [3.8, 4) is 5.75 Å². The van der Waals surface area contributed by atoms with Crippen LogP contribution in [0.15, 0.2) is 48.5 Å². The zero-order valence-electron chi connectivity index (χ0n) is 16.6. The Morgan fingerprint density at radius 2 is 1.86 bits per heavy atom. The lowest BCUT2D eigenvalue weighted by atomic mass is 10.1. The molecule has 0 aliphatic rings. The van der Waals surface area contributed by atoms with Gasteiger partial charge in [0.25, 0.3) is 5.91 Å². The van der Waals surface area contributed by atoms with Crippen LogP contribution in [-0.4, -0.2) is 35.9 Å². The molecule has 0 bridgehead atoms. The van der Waals surface area contributed by atoms with E-state index in [0.717, 1.165) is 11.1 Å². The molecule has 0 saturated heterocycles. The summed E-state index contributed by atoms with van der Waals surface area (Å²) in [5, 5.41) is 2.77. The largest absolute Gasteiger partial charge is 0.484 e. The molecule has 1 atom stereocenters. The number of carbonyl (C=O) groups excluding carboxylic acids is 2. The molecular weight excluding hydrogens is 359 g/mol. The summed E-state index contributed by atoms with van der Waals surface area (Å²) in [4.78, 5) is 26.9. The van der Waals surface area contributed by atoms with Crippen LogP contribution < -0.4 is 10.1 Å². The number of rotatable bonds is 9. The molecule has 0 aliphatic heterocycles. The summed E-state index contributed by atoms with van der Waals surface area (Å²) in [6.07, 6.45) is 0.462. The van der Waals surface area contributed by atoms with Crippen LogP contribution in [0.5, 0.6) is 5.75 Å². The van der Waals surface area contributed by atoms with Crippen LogP contribution in [0.2, 0.25) is 0 Å². The van der Waals surface area contributed by atoms with Crippen molar-refractivity contribution in [1.82, 2.24) is 10.2 Å². The molecule has 0 spiro atoms. The molecule has 2 aromatic rings. The summed E-state index contributed by atoms with van der Waals surface area (Å²) in [5.74, 6) is -0.263. The van der Waals surface area contributed by atoms with Crippen LogP contribution in [0, 0.1) is 12.7 Å². The van der Waals surface area contributed by atoms with Gasteiger partial charge in [-0.15, -0.1) is 0 Å². The Bertz CT molecular complexity index is 793. The minimum Gasteiger partial charge on any atom is -0.484 e. The third kappa shape index (κ3) is 6.08. The van der Waals surface area contributed by atoms with E-state index in [1.807, 2.05) is 39.0 Å². The van der Waals surface area contributed by atoms with Gasteiger partial charge in [0.1, 0.15) is 17.6 Å². The third-order valence-corrected chi connectivity index (χ3v) is 4.35. The van der Waals surface area contributed by atoms with Crippen molar-refractivity contribution >= 4 is 11.8 Å². The molecule has 2 rings (SSSR count). The van der Waals surface area contributed by atoms with Gasteiger partial charge in [-0.2, -0.15) is 0 Å². The van der Waals surface area contributed by atoms with Gasteiger partial charge < -0.3 is 15.0 Å². The average molecular weight is 386 g/mol. The standard InChI is InChI=1S/C22H27FN2O3/c1-4-20(22(27)24-5-2)25(14-17-9-11-18(23)12-10-17)21(26)15-28-19-8-6-7-16(3)13-19/h6-13,20H,4-5,14-15H2,1-3H3,(H,24,27)/t20-/m1/s1. The Labute approximate surface area is 165 Å². The van der Waals surface area contributed by atoms with Gasteiger partial charge in [-0.3, -0.25) is 9.59 Å². The number of hydrogen-bond acceptors (Lipinski definition) is 3. The summed E-state index contributed by atoms with van der Waals surface area (Å²) in [6.45, 7) is 6.13. The molecule has 5 nitrogen and oxygen atoms in total. The van der Waals surface area contributed by atoms with Crippen LogP contribution >= 0.6 is 0 Å². The van der Waals surface area contributed by atoms with Crippen molar-refractivity contribution in [3.05, 3.63) is 65.5 Å². The minimum absolute atomic E-state index is 0.180. The monoisotopic (exact) mass is 386 g/mol. The molecule has 0 aliphatic carbocycles. The van der Waals surface area contributed by atoms with Gasteiger partial charge in [0, 0.05) is 13.1 Å². The highest BCUT2D eigenvalue weighted by Crippen LogP contribution is 2.16. The second-order valence-corrected chi connectivity index (χ2v) is 6.57. The Balaban J connectivity index is 2.18. The SMILES string of the molecule is CCNC(=O)[C@@H](CC)N(Cc1ccc(F)cc1)C(=O)COc1cccc(C)c1. The van der Waals surface area contributed by atoms with Crippen molar-refractivity contribution < 1.29 is 18.7 Å². The number of aryl methyl sites for hydroxylation is 1. The van der Waals surface area contributed by atoms with Crippen LogP contribution in [0.4, 0.5) is 4.39 Å². The number of amides is 2. The fraction of sp³-hybridized carbons (Fsp3) is 0.364. The first-order valence-corrected chi connectivity index (χ1v) is 9.45. The van der Waals surface area contributed by atoms with Crippen molar-refractivity contribution in [3.63, 3.8) is 0 Å². The number of nitrogens with zero attached hydrogens (tertiary/aromatic N) is 1. The second-order valence-electron chi connectivity index (χ2n) is 6.57. The predicted octanol–water partition coefficient (Wildman–Crippen LogP) is 3.46. The molecule has 0 radical (unpaired) electrons. The Morgan fingerprint density at radius 3 is 2.46 bits per heavy atom. The topological polar surface area (TPSA) is 58.6 Å². The fourth-order valence-electron chi connectivity index (χ4n) is 2.93. The maximum absolute atomic E-state index is 13.2. The highest BCUT2D eigenvalue weighted by atomic mass is 19.1. The van der Waals surface area contributed by atoms with Crippen LogP contribution in [-0.2, 0) is 16.1 Å². The van der Waals surface area contributed by atoms with E-state index in [-0.39, 0.29) is 30.8 Å². The third-order valence-electron chi connectivity index (χ3n) is 4.35. The summed E-state index contributed by atoms with van der Waals surface area (Å²) in [6, 6.07) is 12.7. The van der Waals surface area contributed by atoms with Gasteiger partial charge in [0.05, 0.1) is 0 Å². The maximum Gasteiger partial charge on any atom is 0.261 e. The molecule has 2 amide bonds. The van der Waals surface area contributed by atoms with Gasteiger partial charge in [-0.1, -0.05) is 31.2 Å². The first kappa shape index (κ1) is 21.4. The Kier molecular flexibility index (Phi) is 7.99. The zero-order valence-corrected chi connectivity index (χ0v) is 16.6. The number of likely N-dealkylation sites (N-methyl/N-ethyl adjacent to an activating group) is 1. The Morgan fingerprint density at radius 1 is 1.14 bits per heavy atom. The molecule has 150 valence electrons. The van der Waals surface area contributed by atoms with E-state index in [1.165, 1.54) is 17.0 Å². The van der Waals surface area contributed by atoms with E-state index >= 15 is 0 Å². The van der Waals surface area contributed by atoms with Gasteiger partial charge in [0.15, 0.2) is 6.61 Å². The number of halogens is 1. The van der Waals surface area contributed by atoms with E-state index in [0.29, 0.717) is 18.7 Å². The van der Waals surface area contributed by atoms with Gasteiger partial charge in [0.2, 0.25) is 5.91 Å². The lowest BCUT2D eigenvalue weighted by Crippen LogP contribution is -2.50. The van der Waals surface area contributed by atoms with Crippen LogP contribution in [0.3, 0.4) is 0 Å². The maximum atomic E-state index is 13.2. The van der Waals surface area contributed by atoms with Crippen molar-refractivity contribution in [2.24, 2.45) is 0 Å². The van der Waals surface area contributed by atoms with Gasteiger partial charge in [-0.25, -0.2) is 4.39 Å². The summed E-state index contributed by atoms with van der Waals surface area (Å²) >= 11 is 0. The molecule has 2 aromatic carbocycles. The van der Waals surface area contributed by atoms with Crippen molar-refractivity contribution in [2.45, 2.75) is 39.8 Å². The van der Waals surface area contributed by atoms with Crippen molar-refractivity contribution in [1.29, 1.82) is 0 Å². The first-order chi connectivity index (χ1) is 13.4. The number of hydrogen-bond donors (Lipinski definition) is 1. The Hall–Kier alpha value is -2.89. The quantitative estimate of drug-likeness (QED) is 0.718. The first-order valence-electron chi connectivity index (χ1n) is 9.45. The van der Waals surface area contributed by atoms with Gasteiger partial charge in [-0.05, 0) is 55.7 Å². The molecule has 28 heavy (non-hydrogen) atoms. The summed E-state index contributed by atoms with van der Waals surface area (Å²) in [7, 11) is 0. The summed E-state index contributed by atoms with van der Waals surface area (Å²) < 4.78 is 18.9. The highest BCUT2D eigenvalue weighted by Gasteiger charge is 2.28. The highest BCUT2D eigenvalue weighted by molar-refractivity contribution is 5.88. The number of nitrogens with one attached hydrogen (secondary N) is 1. The van der Waals surface area contributed by atoms with E-state index in [2.05, 4.69) is 5.32 Å². The molecule has 0 unspecified atom stereocenters. The van der Waals surface area contributed by atoms with E-state index in [9.17, 15) is 14.0 Å². The predicted molar refractivity (Wildman–Crippen MR) is 106 cm³/mol. The van der Waals surface area contributed by atoms with E-state index < -0.39 is 6.04 Å². The molecule has 0 heterocycles. The molecular formula is C22H27FN2O3. The molecule has 0 aromatic heterocycles. The minimum atomic E-state index is -0.626. The van der Waals surface area contributed by atoms with Crippen LogP contribution in [0.25, 0.3) is 0 Å². The van der Waals surface area contributed by atoms with Crippen LogP contribution in [0.1, 0.15) is 31.4 Å².